The van der Waals surface area contributed by atoms with E-state index in [0.29, 0.717) is 11.7 Å². The third-order valence-corrected chi connectivity index (χ3v) is 9.24. The quantitative estimate of drug-likeness (QED) is 0.640. The molecule has 152 valence electrons. The first-order valence-corrected chi connectivity index (χ1v) is 11.4. The molecule has 4 saturated carbocycles. The fourth-order valence-corrected chi connectivity index (χ4v) is 7.44. The van der Waals surface area contributed by atoms with Gasteiger partial charge in [0, 0.05) is 6.42 Å². The number of hydrogen-bond acceptors (Lipinski definition) is 3. The number of aliphatic hydroxyl groups is 2. The summed E-state index contributed by atoms with van der Waals surface area (Å²) in [5.74, 6) is 2.57. The molecule has 0 bridgehead atoms. The van der Waals surface area contributed by atoms with Gasteiger partial charge in [-0.2, -0.15) is 0 Å². The average Bonchev–Trinajstić information content (AvgIpc) is 3.23. The van der Waals surface area contributed by atoms with Crippen molar-refractivity contribution in [2.75, 3.05) is 0 Å². The summed E-state index contributed by atoms with van der Waals surface area (Å²) in [7, 11) is 0. The van der Waals surface area contributed by atoms with Gasteiger partial charge in [0.25, 0.3) is 0 Å². The smallest absolute Gasteiger partial charge is 0.155 e. The third kappa shape index (κ3) is 3.33. The summed E-state index contributed by atoms with van der Waals surface area (Å²) in [6, 6.07) is 0. The van der Waals surface area contributed by atoms with E-state index in [9.17, 15) is 9.90 Å². The van der Waals surface area contributed by atoms with E-state index in [4.69, 9.17) is 5.11 Å². The molecule has 0 saturated heterocycles. The van der Waals surface area contributed by atoms with Crippen LogP contribution in [-0.2, 0) is 4.79 Å². The van der Waals surface area contributed by atoms with Crippen molar-refractivity contribution < 1.29 is 15.0 Å². The SMILES string of the molecule is C[C@]12CC[C@H]3[C@@H](CCC4=CC(=O)CC[C@@]43C)[C@@H]1CC[C@@H]2O.OC1CCCC1. The molecule has 27 heavy (non-hydrogen) atoms. The Hall–Kier alpha value is -0.670. The first-order valence-electron chi connectivity index (χ1n) is 11.4. The van der Waals surface area contributed by atoms with Crippen LogP contribution in [0, 0.1) is 28.6 Å². The lowest BCUT2D eigenvalue weighted by Gasteiger charge is -2.57. The second-order valence-corrected chi connectivity index (χ2v) is 10.5. The first-order chi connectivity index (χ1) is 12.8. The molecule has 5 rings (SSSR count). The highest BCUT2D eigenvalue weighted by molar-refractivity contribution is 5.91. The Kier molecular flexibility index (Phi) is 5.31. The molecule has 0 aromatic carbocycles. The van der Waals surface area contributed by atoms with E-state index in [2.05, 4.69) is 13.8 Å². The average molecular weight is 375 g/mol. The number of fused-ring (bicyclic) bond motifs is 5. The summed E-state index contributed by atoms with van der Waals surface area (Å²) in [5.41, 5.74) is 1.89. The molecule has 3 nitrogen and oxygen atoms in total. The normalized spacial score (nSPS) is 46.7. The van der Waals surface area contributed by atoms with Crippen LogP contribution in [0.25, 0.3) is 0 Å². The zero-order chi connectivity index (χ0) is 19.2. The minimum Gasteiger partial charge on any atom is -0.393 e. The van der Waals surface area contributed by atoms with Crippen molar-refractivity contribution in [3.63, 3.8) is 0 Å². The Morgan fingerprint density at radius 1 is 0.889 bits per heavy atom. The maximum Gasteiger partial charge on any atom is 0.155 e. The van der Waals surface area contributed by atoms with Gasteiger partial charge in [-0.25, -0.2) is 0 Å². The topological polar surface area (TPSA) is 57.5 Å². The Balaban J connectivity index is 0.000000257. The van der Waals surface area contributed by atoms with Gasteiger partial charge in [-0.3, -0.25) is 4.79 Å². The Bertz CT molecular complexity index is 605. The van der Waals surface area contributed by atoms with Crippen LogP contribution < -0.4 is 0 Å². The number of carbonyl (C=O) groups excluding carboxylic acids is 1. The number of ketones is 1. The van der Waals surface area contributed by atoms with Crippen molar-refractivity contribution in [1.29, 1.82) is 0 Å². The molecule has 0 aliphatic heterocycles. The van der Waals surface area contributed by atoms with E-state index in [0.717, 1.165) is 50.4 Å². The lowest BCUT2D eigenvalue weighted by molar-refractivity contribution is -0.118. The van der Waals surface area contributed by atoms with E-state index in [1.165, 1.54) is 44.1 Å². The van der Waals surface area contributed by atoms with Crippen LogP contribution in [0.4, 0.5) is 0 Å². The molecule has 0 radical (unpaired) electrons. The van der Waals surface area contributed by atoms with E-state index in [1.807, 2.05) is 6.08 Å². The minimum atomic E-state index is -0.0823. The highest BCUT2D eigenvalue weighted by Gasteiger charge is 2.58. The number of rotatable bonds is 0. The summed E-state index contributed by atoms with van der Waals surface area (Å²) >= 11 is 0. The van der Waals surface area contributed by atoms with Crippen LogP contribution in [-0.4, -0.2) is 28.2 Å². The maximum absolute atomic E-state index is 11.8. The molecular formula is C24H38O3. The lowest BCUT2D eigenvalue weighted by atomic mass is 9.47. The van der Waals surface area contributed by atoms with Crippen molar-refractivity contribution >= 4 is 5.78 Å². The molecule has 4 fully saturated rings. The Labute approximate surface area is 164 Å². The zero-order valence-corrected chi connectivity index (χ0v) is 17.3. The second-order valence-electron chi connectivity index (χ2n) is 10.5. The van der Waals surface area contributed by atoms with Crippen molar-refractivity contribution in [1.82, 2.24) is 0 Å². The molecule has 0 spiro atoms. The van der Waals surface area contributed by atoms with Gasteiger partial charge in [0.2, 0.25) is 0 Å². The van der Waals surface area contributed by atoms with E-state index in [1.54, 1.807) is 0 Å². The van der Waals surface area contributed by atoms with Gasteiger partial charge in [-0.05, 0) is 92.4 Å². The van der Waals surface area contributed by atoms with Gasteiger partial charge in [0.05, 0.1) is 12.2 Å². The van der Waals surface area contributed by atoms with Crippen LogP contribution in [0.2, 0.25) is 0 Å². The summed E-state index contributed by atoms with van der Waals surface area (Å²) in [5, 5.41) is 19.2. The van der Waals surface area contributed by atoms with Gasteiger partial charge in [0.15, 0.2) is 5.78 Å². The van der Waals surface area contributed by atoms with E-state index in [-0.39, 0.29) is 23.0 Å². The van der Waals surface area contributed by atoms with Crippen LogP contribution in [0.3, 0.4) is 0 Å². The van der Waals surface area contributed by atoms with E-state index >= 15 is 0 Å². The van der Waals surface area contributed by atoms with Crippen LogP contribution >= 0.6 is 0 Å². The third-order valence-electron chi connectivity index (χ3n) is 9.24. The summed E-state index contributed by atoms with van der Waals surface area (Å²) in [6.07, 6.45) is 15.3. The van der Waals surface area contributed by atoms with Crippen molar-refractivity contribution in [3.8, 4) is 0 Å². The second kappa shape index (κ2) is 7.30. The fraction of sp³-hybridized carbons (Fsp3) is 0.875. The largest absolute Gasteiger partial charge is 0.393 e. The van der Waals surface area contributed by atoms with Gasteiger partial charge in [-0.15, -0.1) is 0 Å². The molecular weight excluding hydrogens is 336 g/mol. The molecule has 0 unspecified atom stereocenters. The predicted octanol–water partition coefficient (Wildman–Crippen LogP) is 4.80. The monoisotopic (exact) mass is 374 g/mol. The summed E-state index contributed by atoms with van der Waals surface area (Å²) in [4.78, 5) is 11.8. The molecule has 0 heterocycles. The molecule has 2 N–H and O–H groups in total. The molecule has 3 heteroatoms. The highest BCUT2D eigenvalue weighted by atomic mass is 16.3. The summed E-state index contributed by atoms with van der Waals surface area (Å²) < 4.78 is 0. The minimum absolute atomic E-state index is 0.0463. The van der Waals surface area contributed by atoms with Gasteiger partial charge in [-0.1, -0.05) is 32.3 Å². The predicted molar refractivity (Wildman–Crippen MR) is 107 cm³/mol. The zero-order valence-electron chi connectivity index (χ0n) is 17.3. The number of allylic oxidation sites excluding steroid dienone is 1. The van der Waals surface area contributed by atoms with Gasteiger partial charge < -0.3 is 10.2 Å². The molecule has 5 aliphatic rings. The number of carbonyl (C=O) groups is 1. The lowest BCUT2D eigenvalue weighted by Crippen LogP contribution is -2.51. The standard InChI is InChI=1S/C19H28O2.C5H10O/c1-18-9-7-13(20)11-12(18)3-4-14-15-5-6-17(21)19(15,2)10-8-16(14)18;6-5-3-1-2-4-5/h11,14-17,21H,3-10H2,1-2H3;5-6H,1-4H2/t14-,15-,16-,17-,18-,19-;/m0./s1. The molecule has 5 aliphatic carbocycles. The highest BCUT2D eigenvalue weighted by Crippen LogP contribution is 2.65. The van der Waals surface area contributed by atoms with Crippen molar-refractivity contribution in [3.05, 3.63) is 11.6 Å². The van der Waals surface area contributed by atoms with E-state index < -0.39 is 0 Å². The number of aliphatic hydroxyl groups excluding tert-OH is 2. The molecule has 6 atom stereocenters. The van der Waals surface area contributed by atoms with Crippen LogP contribution in [0.1, 0.15) is 90.9 Å². The van der Waals surface area contributed by atoms with Crippen LogP contribution in [0.5, 0.6) is 0 Å². The molecule has 0 aromatic rings. The Morgan fingerprint density at radius 3 is 2.30 bits per heavy atom. The molecule has 0 aromatic heterocycles. The van der Waals surface area contributed by atoms with Gasteiger partial charge >= 0.3 is 0 Å². The Morgan fingerprint density at radius 2 is 1.63 bits per heavy atom. The molecule has 0 amide bonds. The maximum atomic E-state index is 11.8. The van der Waals surface area contributed by atoms with Crippen molar-refractivity contribution in [2.45, 2.75) is 103 Å². The fourth-order valence-electron chi connectivity index (χ4n) is 7.44. The van der Waals surface area contributed by atoms with Gasteiger partial charge in [0.1, 0.15) is 0 Å². The number of hydrogen-bond donors (Lipinski definition) is 2. The first kappa shape index (κ1) is 19.6. The van der Waals surface area contributed by atoms with Crippen molar-refractivity contribution in [2.24, 2.45) is 28.6 Å². The van der Waals surface area contributed by atoms with Crippen LogP contribution in [0.15, 0.2) is 11.6 Å². The summed E-state index contributed by atoms with van der Waals surface area (Å²) in [6.45, 7) is 4.76.